The van der Waals surface area contributed by atoms with Gasteiger partial charge in [-0.25, -0.2) is 0 Å². The first-order valence-corrected chi connectivity index (χ1v) is 9.36. The first kappa shape index (κ1) is 19.2. The summed E-state index contributed by atoms with van der Waals surface area (Å²) in [6, 6.07) is 15.9. The summed E-state index contributed by atoms with van der Waals surface area (Å²) in [7, 11) is 1.65. The van der Waals surface area contributed by atoms with Crippen LogP contribution in [0.4, 0.5) is 11.4 Å². The van der Waals surface area contributed by atoms with Crippen LogP contribution in [0.2, 0.25) is 0 Å². The third-order valence-electron chi connectivity index (χ3n) is 4.88. The molecule has 27 heavy (non-hydrogen) atoms. The lowest BCUT2D eigenvalue weighted by Gasteiger charge is -2.43. The molecule has 5 nitrogen and oxygen atoms in total. The van der Waals surface area contributed by atoms with Crippen molar-refractivity contribution in [2.75, 3.05) is 37.1 Å². The van der Waals surface area contributed by atoms with Gasteiger partial charge in [0.15, 0.2) is 0 Å². The summed E-state index contributed by atoms with van der Waals surface area (Å²) in [5, 5.41) is 2.98. The molecule has 0 unspecified atom stereocenters. The largest absolute Gasteiger partial charge is 0.497 e. The number of aryl methyl sites for hydroxylation is 1. The molecule has 144 valence electrons. The van der Waals surface area contributed by atoms with E-state index in [0.29, 0.717) is 12.8 Å². The van der Waals surface area contributed by atoms with E-state index in [0.717, 1.165) is 42.4 Å². The average molecular weight is 368 g/mol. The predicted molar refractivity (Wildman–Crippen MR) is 109 cm³/mol. The quantitative estimate of drug-likeness (QED) is 0.841. The van der Waals surface area contributed by atoms with E-state index in [2.05, 4.69) is 36.2 Å². The van der Waals surface area contributed by atoms with Crippen molar-refractivity contribution in [3.05, 3.63) is 54.1 Å². The zero-order chi connectivity index (χ0) is 19.3. The van der Waals surface area contributed by atoms with Crippen molar-refractivity contribution in [1.82, 2.24) is 0 Å². The summed E-state index contributed by atoms with van der Waals surface area (Å²) in [6.07, 6.45) is 1.12. The Balaban J connectivity index is 1.55. The normalized spacial score (nSPS) is 16.0. The van der Waals surface area contributed by atoms with Crippen LogP contribution >= 0.6 is 0 Å². The number of rotatable bonds is 6. The zero-order valence-electron chi connectivity index (χ0n) is 16.3. The fourth-order valence-electron chi connectivity index (χ4n) is 3.37. The Morgan fingerprint density at radius 3 is 2.70 bits per heavy atom. The number of methoxy groups -OCH3 is 1. The number of anilines is 2. The zero-order valence-corrected chi connectivity index (χ0v) is 16.3. The summed E-state index contributed by atoms with van der Waals surface area (Å²) >= 11 is 0. The maximum atomic E-state index is 12.3. The molecule has 5 heteroatoms. The van der Waals surface area contributed by atoms with Crippen LogP contribution in [0.25, 0.3) is 0 Å². The topological polar surface area (TPSA) is 50.8 Å². The number of nitrogens with one attached hydrogen (secondary N) is 1. The number of ether oxygens (including phenoxy) is 2. The number of hydrogen-bond acceptors (Lipinski definition) is 4. The van der Waals surface area contributed by atoms with Gasteiger partial charge in [-0.3, -0.25) is 4.79 Å². The minimum absolute atomic E-state index is 0.0114. The number of hydrogen-bond donors (Lipinski definition) is 1. The SMILES string of the molecule is COc1cccc(CCC(=O)Nc2ccc(N3CCOCC3(C)C)cc2)c1. The maximum absolute atomic E-state index is 12.3. The van der Waals surface area contributed by atoms with Crippen LogP contribution in [-0.4, -0.2) is 38.3 Å². The summed E-state index contributed by atoms with van der Waals surface area (Å²) < 4.78 is 10.8. The molecule has 0 saturated carbocycles. The molecule has 2 aromatic carbocycles. The molecule has 1 N–H and O–H groups in total. The fraction of sp³-hybridized carbons (Fsp3) is 0.409. The molecule has 0 radical (unpaired) electrons. The Morgan fingerprint density at radius 2 is 2.00 bits per heavy atom. The fourth-order valence-corrected chi connectivity index (χ4v) is 3.37. The van der Waals surface area contributed by atoms with Gasteiger partial charge >= 0.3 is 0 Å². The third kappa shape index (κ3) is 5.01. The summed E-state index contributed by atoms with van der Waals surface area (Å²) in [4.78, 5) is 14.6. The molecular weight excluding hydrogens is 340 g/mol. The third-order valence-corrected chi connectivity index (χ3v) is 4.88. The first-order valence-electron chi connectivity index (χ1n) is 9.36. The van der Waals surface area contributed by atoms with Gasteiger partial charge in [-0.1, -0.05) is 12.1 Å². The molecular formula is C22H28N2O3. The molecule has 1 aliphatic rings. The minimum atomic E-state index is -0.0280. The van der Waals surface area contributed by atoms with Crippen LogP contribution in [0, 0.1) is 0 Å². The molecule has 0 aromatic heterocycles. The van der Waals surface area contributed by atoms with Crippen molar-refractivity contribution in [2.45, 2.75) is 32.2 Å². The monoisotopic (exact) mass is 368 g/mol. The smallest absolute Gasteiger partial charge is 0.224 e. The second-order valence-electron chi connectivity index (χ2n) is 7.46. The molecule has 0 bridgehead atoms. The van der Waals surface area contributed by atoms with Gasteiger partial charge in [0.05, 0.1) is 25.9 Å². The summed E-state index contributed by atoms with van der Waals surface area (Å²) in [5.41, 5.74) is 3.03. The Labute approximate surface area is 161 Å². The van der Waals surface area contributed by atoms with E-state index in [1.807, 2.05) is 36.4 Å². The Morgan fingerprint density at radius 1 is 1.22 bits per heavy atom. The van der Waals surface area contributed by atoms with Crippen LogP contribution in [0.5, 0.6) is 5.75 Å². The Hall–Kier alpha value is -2.53. The molecule has 1 saturated heterocycles. The standard InChI is InChI=1S/C22H28N2O3/c1-22(2)16-27-14-13-24(22)19-10-8-18(9-11-19)23-21(25)12-7-17-5-4-6-20(15-17)26-3/h4-6,8-11,15H,7,12-14,16H2,1-3H3,(H,23,25). The van der Waals surface area contributed by atoms with Gasteiger partial charge in [0, 0.05) is 24.3 Å². The van der Waals surface area contributed by atoms with Crippen molar-refractivity contribution in [1.29, 1.82) is 0 Å². The molecule has 1 fully saturated rings. The van der Waals surface area contributed by atoms with Gasteiger partial charge in [-0.2, -0.15) is 0 Å². The van der Waals surface area contributed by atoms with Crippen molar-refractivity contribution in [2.24, 2.45) is 0 Å². The number of nitrogens with zero attached hydrogens (tertiary/aromatic N) is 1. The van der Waals surface area contributed by atoms with E-state index in [4.69, 9.17) is 9.47 Å². The number of carbonyl (C=O) groups excluding carboxylic acids is 1. The van der Waals surface area contributed by atoms with E-state index < -0.39 is 0 Å². The molecule has 3 rings (SSSR count). The molecule has 1 amide bonds. The number of morpholine rings is 1. The van der Waals surface area contributed by atoms with Crippen LogP contribution in [0.15, 0.2) is 48.5 Å². The molecule has 0 atom stereocenters. The van der Waals surface area contributed by atoms with E-state index in [1.54, 1.807) is 7.11 Å². The second-order valence-corrected chi connectivity index (χ2v) is 7.46. The van der Waals surface area contributed by atoms with Gasteiger partial charge in [0.2, 0.25) is 5.91 Å². The highest BCUT2D eigenvalue weighted by atomic mass is 16.5. The van der Waals surface area contributed by atoms with Crippen molar-refractivity contribution < 1.29 is 14.3 Å². The average Bonchev–Trinajstić information content (AvgIpc) is 2.67. The molecule has 1 aliphatic heterocycles. The Bertz CT molecular complexity index is 771. The van der Waals surface area contributed by atoms with Crippen molar-refractivity contribution in [3.63, 3.8) is 0 Å². The van der Waals surface area contributed by atoms with Crippen LogP contribution in [0.1, 0.15) is 25.8 Å². The first-order chi connectivity index (χ1) is 13.0. The van der Waals surface area contributed by atoms with E-state index >= 15 is 0 Å². The maximum Gasteiger partial charge on any atom is 0.224 e. The van der Waals surface area contributed by atoms with Crippen LogP contribution < -0.4 is 15.0 Å². The lowest BCUT2D eigenvalue weighted by molar-refractivity contribution is -0.116. The number of carbonyl (C=O) groups is 1. The Kier molecular flexibility index (Phi) is 6.01. The lowest BCUT2D eigenvalue weighted by Crippen LogP contribution is -2.53. The second kappa shape index (κ2) is 8.44. The van der Waals surface area contributed by atoms with Crippen LogP contribution in [-0.2, 0) is 16.0 Å². The number of benzene rings is 2. The highest BCUT2D eigenvalue weighted by Gasteiger charge is 2.30. The minimum Gasteiger partial charge on any atom is -0.497 e. The van der Waals surface area contributed by atoms with E-state index in [-0.39, 0.29) is 11.4 Å². The van der Waals surface area contributed by atoms with E-state index in [1.165, 1.54) is 0 Å². The predicted octanol–water partition coefficient (Wildman–Crippen LogP) is 3.88. The van der Waals surface area contributed by atoms with Gasteiger partial charge in [-0.05, 0) is 62.2 Å². The summed E-state index contributed by atoms with van der Waals surface area (Å²) in [6.45, 7) is 6.70. The van der Waals surface area contributed by atoms with Gasteiger partial charge < -0.3 is 19.7 Å². The van der Waals surface area contributed by atoms with Crippen molar-refractivity contribution in [3.8, 4) is 5.75 Å². The van der Waals surface area contributed by atoms with Crippen molar-refractivity contribution >= 4 is 17.3 Å². The summed E-state index contributed by atoms with van der Waals surface area (Å²) in [5.74, 6) is 0.826. The van der Waals surface area contributed by atoms with Crippen LogP contribution in [0.3, 0.4) is 0 Å². The molecule has 0 aliphatic carbocycles. The van der Waals surface area contributed by atoms with Gasteiger partial charge in [0.1, 0.15) is 5.75 Å². The molecule has 0 spiro atoms. The van der Waals surface area contributed by atoms with E-state index in [9.17, 15) is 4.79 Å². The molecule has 1 heterocycles. The lowest BCUT2D eigenvalue weighted by atomic mass is 10.0. The highest BCUT2D eigenvalue weighted by molar-refractivity contribution is 5.91. The molecule has 2 aromatic rings. The van der Waals surface area contributed by atoms with Gasteiger partial charge in [-0.15, -0.1) is 0 Å². The number of amides is 1. The van der Waals surface area contributed by atoms with Gasteiger partial charge in [0.25, 0.3) is 0 Å². The highest BCUT2D eigenvalue weighted by Crippen LogP contribution is 2.28.